The highest BCUT2D eigenvalue weighted by atomic mass is 35.5. The predicted octanol–water partition coefficient (Wildman–Crippen LogP) is 3.04. The quantitative estimate of drug-likeness (QED) is 0.872. The van der Waals surface area contributed by atoms with Gasteiger partial charge in [0.1, 0.15) is 18.1 Å². The number of carbonyl (C=O) groups excluding carboxylic acids is 1. The minimum absolute atomic E-state index is 0.0631. The first-order valence-electron chi connectivity index (χ1n) is 8.25. The van der Waals surface area contributed by atoms with Gasteiger partial charge < -0.3 is 5.32 Å². The highest BCUT2D eigenvalue weighted by molar-refractivity contribution is 6.30. The number of rotatable bonds is 6. The Kier molecular flexibility index (Phi) is 4.00. The topological polar surface area (TPSA) is 59.8 Å². The average molecular weight is 349 g/mol. The van der Waals surface area contributed by atoms with Gasteiger partial charge in [-0.15, -0.1) is 5.10 Å². The van der Waals surface area contributed by atoms with Crippen LogP contribution in [0.15, 0.2) is 24.4 Å². The first-order valence-corrected chi connectivity index (χ1v) is 8.63. The van der Waals surface area contributed by atoms with Crippen LogP contribution in [0.25, 0.3) is 11.3 Å². The van der Waals surface area contributed by atoms with E-state index in [-0.39, 0.29) is 12.5 Å². The molecule has 1 heterocycles. The summed E-state index contributed by atoms with van der Waals surface area (Å²) < 4.78 is 15.4. The van der Waals surface area contributed by atoms with Gasteiger partial charge in [-0.25, -0.2) is 9.07 Å². The summed E-state index contributed by atoms with van der Waals surface area (Å²) in [5, 5.41) is 11.4. The number of carbonyl (C=O) groups is 1. The lowest BCUT2D eigenvalue weighted by Crippen LogP contribution is -2.40. The molecule has 1 aromatic heterocycles. The number of nitrogens with zero attached hydrogens (tertiary/aromatic N) is 3. The molecule has 0 saturated heterocycles. The minimum atomic E-state index is -0.457. The summed E-state index contributed by atoms with van der Waals surface area (Å²) in [4.78, 5) is 12.3. The maximum atomic E-state index is 13.9. The van der Waals surface area contributed by atoms with Gasteiger partial charge in [0.2, 0.25) is 5.91 Å². The molecule has 2 fully saturated rings. The molecule has 0 aliphatic heterocycles. The Hall–Kier alpha value is -1.95. The van der Waals surface area contributed by atoms with Crippen molar-refractivity contribution < 1.29 is 9.18 Å². The number of hydrogen-bond donors (Lipinski definition) is 1. The van der Waals surface area contributed by atoms with E-state index in [1.165, 1.54) is 36.4 Å². The van der Waals surface area contributed by atoms with Crippen LogP contribution in [0.2, 0.25) is 5.02 Å². The maximum absolute atomic E-state index is 13.9. The van der Waals surface area contributed by atoms with Gasteiger partial charge in [-0.1, -0.05) is 16.8 Å². The molecule has 126 valence electrons. The third kappa shape index (κ3) is 3.43. The van der Waals surface area contributed by atoms with E-state index < -0.39 is 5.82 Å². The molecule has 5 nitrogen and oxygen atoms in total. The Balaban J connectivity index is 1.42. The van der Waals surface area contributed by atoms with Gasteiger partial charge in [0.05, 0.1) is 6.20 Å². The Morgan fingerprint density at radius 1 is 1.33 bits per heavy atom. The van der Waals surface area contributed by atoms with Crippen LogP contribution in [0.3, 0.4) is 0 Å². The number of aromatic nitrogens is 3. The highest BCUT2D eigenvalue weighted by Gasteiger charge is 2.42. The Morgan fingerprint density at radius 2 is 2.04 bits per heavy atom. The molecule has 0 bridgehead atoms. The van der Waals surface area contributed by atoms with E-state index in [2.05, 4.69) is 15.6 Å². The number of nitrogens with one attached hydrogen (secondary N) is 1. The van der Waals surface area contributed by atoms with Crippen LogP contribution in [0, 0.1) is 17.7 Å². The van der Waals surface area contributed by atoms with Crippen molar-refractivity contribution in [1.82, 2.24) is 20.3 Å². The van der Waals surface area contributed by atoms with Crippen LogP contribution in [0.5, 0.6) is 0 Å². The van der Waals surface area contributed by atoms with Crippen molar-refractivity contribution >= 4 is 17.5 Å². The van der Waals surface area contributed by atoms with Gasteiger partial charge in [0.15, 0.2) is 0 Å². The van der Waals surface area contributed by atoms with E-state index in [4.69, 9.17) is 11.6 Å². The fourth-order valence-electron chi connectivity index (χ4n) is 3.11. The molecule has 2 aliphatic carbocycles. The Labute approximate surface area is 144 Å². The first-order chi connectivity index (χ1) is 11.6. The second kappa shape index (κ2) is 6.16. The fourth-order valence-corrected chi connectivity index (χ4v) is 3.27. The zero-order chi connectivity index (χ0) is 16.7. The molecule has 7 heteroatoms. The largest absolute Gasteiger partial charge is 0.351 e. The number of benzene rings is 1. The molecule has 0 spiro atoms. The monoisotopic (exact) mass is 348 g/mol. The molecule has 0 atom stereocenters. The molecular formula is C17H18ClFN4O. The second-order valence-corrected chi connectivity index (χ2v) is 7.13. The van der Waals surface area contributed by atoms with Crippen LogP contribution in [0.1, 0.15) is 25.7 Å². The first kappa shape index (κ1) is 15.6. The molecule has 0 unspecified atom stereocenters. The molecule has 1 aromatic carbocycles. The molecule has 2 aromatic rings. The average Bonchev–Trinajstić information content (AvgIpc) is 3.45. The van der Waals surface area contributed by atoms with Crippen molar-refractivity contribution in [1.29, 1.82) is 0 Å². The number of amides is 1. The molecule has 0 radical (unpaired) electrons. The van der Waals surface area contributed by atoms with Gasteiger partial charge in [0.25, 0.3) is 0 Å². The van der Waals surface area contributed by atoms with Crippen molar-refractivity contribution in [3.8, 4) is 11.3 Å². The Morgan fingerprint density at radius 3 is 2.67 bits per heavy atom. The summed E-state index contributed by atoms with van der Waals surface area (Å²) in [7, 11) is 0. The Bertz CT molecular complexity index is 758. The van der Waals surface area contributed by atoms with Crippen molar-refractivity contribution in [2.75, 3.05) is 0 Å². The van der Waals surface area contributed by atoms with E-state index in [1.54, 1.807) is 18.3 Å². The zero-order valence-electron chi connectivity index (χ0n) is 13.1. The van der Waals surface area contributed by atoms with E-state index in [9.17, 15) is 9.18 Å². The molecule has 1 amide bonds. The lowest BCUT2D eigenvalue weighted by molar-refractivity contribution is -0.122. The van der Waals surface area contributed by atoms with Crippen molar-refractivity contribution in [2.24, 2.45) is 11.8 Å². The van der Waals surface area contributed by atoms with Gasteiger partial charge in [-0.2, -0.15) is 0 Å². The molecule has 2 aliphatic rings. The summed E-state index contributed by atoms with van der Waals surface area (Å²) in [5.74, 6) is 0.778. The lowest BCUT2D eigenvalue weighted by atomic mass is 10.1. The third-order valence-electron chi connectivity index (χ3n) is 4.64. The van der Waals surface area contributed by atoms with Gasteiger partial charge >= 0.3 is 0 Å². The summed E-state index contributed by atoms with van der Waals surface area (Å²) in [6, 6.07) is 4.71. The van der Waals surface area contributed by atoms with E-state index in [0.29, 0.717) is 34.2 Å². The van der Waals surface area contributed by atoms with Gasteiger partial charge in [-0.3, -0.25) is 4.79 Å². The maximum Gasteiger partial charge on any atom is 0.242 e. The number of hydrogen-bond acceptors (Lipinski definition) is 3. The van der Waals surface area contributed by atoms with Crippen LogP contribution < -0.4 is 5.32 Å². The smallest absolute Gasteiger partial charge is 0.242 e. The zero-order valence-corrected chi connectivity index (χ0v) is 13.8. The summed E-state index contributed by atoms with van der Waals surface area (Å²) in [6.07, 6.45) is 6.43. The molecule has 1 N–H and O–H groups in total. The van der Waals surface area contributed by atoms with Crippen molar-refractivity contribution in [2.45, 2.75) is 38.3 Å². The van der Waals surface area contributed by atoms with Crippen LogP contribution in [0.4, 0.5) is 4.39 Å². The SMILES string of the molecule is O=C(Cn1cc(-c2ccc(Cl)cc2F)nn1)NC(C1CC1)C1CC1. The summed E-state index contributed by atoms with van der Waals surface area (Å²) in [6.45, 7) is 0.0954. The lowest BCUT2D eigenvalue weighted by Gasteiger charge is -2.17. The van der Waals surface area contributed by atoms with E-state index in [1.807, 2.05) is 0 Å². The summed E-state index contributed by atoms with van der Waals surface area (Å²) in [5.41, 5.74) is 0.706. The van der Waals surface area contributed by atoms with Gasteiger partial charge in [-0.05, 0) is 55.7 Å². The van der Waals surface area contributed by atoms with E-state index in [0.717, 1.165) is 0 Å². The normalized spacial score (nSPS) is 17.3. The molecular weight excluding hydrogens is 331 g/mol. The van der Waals surface area contributed by atoms with E-state index >= 15 is 0 Å². The van der Waals surface area contributed by atoms with Crippen LogP contribution >= 0.6 is 11.6 Å². The molecule has 2 saturated carbocycles. The van der Waals surface area contributed by atoms with Crippen molar-refractivity contribution in [3.05, 3.63) is 35.2 Å². The van der Waals surface area contributed by atoms with Crippen molar-refractivity contribution in [3.63, 3.8) is 0 Å². The van der Waals surface area contributed by atoms with Crippen LogP contribution in [-0.4, -0.2) is 26.9 Å². The predicted molar refractivity (Wildman–Crippen MR) is 87.8 cm³/mol. The fraction of sp³-hybridized carbons (Fsp3) is 0.471. The molecule has 4 rings (SSSR count). The summed E-state index contributed by atoms with van der Waals surface area (Å²) >= 11 is 5.75. The number of halogens is 2. The second-order valence-electron chi connectivity index (χ2n) is 6.69. The van der Waals surface area contributed by atoms with Gasteiger partial charge in [0, 0.05) is 16.6 Å². The molecule has 24 heavy (non-hydrogen) atoms. The highest BCUT2D eigenvalue weighted by Crippen LogP contribution is 2.44. The minimum Gasteiger partial charge on any atom is -0.351 e. The van der Waals surface area contributed by atoms with Crippen LogP contribution in [-0.2, 0) is 11.3 Å². The third-order valence-corrected chi connectivity index (χ3v) is 4.87. The standard InChI is InChI=1S/C17H18ClFN4O/c18-12-5-6-13(14(19)7-12)15-8-23(22-21-15)9-16(24)20-17(10-1-2-10)11-3-4-11/h5-8,10-11,17H,1-4,9H2,(H,20,24).